The summed E-state index contributed by atoms with van der Waals surface area (Å²) in [4.78, 5) is 2.08. The SMILES string of the molecule is CN(C)[C@@H]1CCC(N)C(F)C1. The Morgan fingerprint density at radius 1 is 1.36 bits per heavy atom. The van der Waals surface area contributed by atoms with Gasteiger partial charge in [0.25, 0.3) is 0 Å². The molecule has 1 aliphatic rings. The van der Waals surface area contributed by atoms with Crippen molar-refractivity contribution in [3.63, 3.8) is 0 Å². The van der Waals surface area contributed by atoms with Crippen LogP contribution < -0.4 is 5.73 Å². The van der Waals surface area contributed by atoms with Gasteiger partial charge in [0.05, 0.1) is 0 Å². The molecule has 2 N–H and O–H groups in total. The Morgan fingerprint density at radius 2 is 2.00 bits per heavy atom. The van der Waals surface area contributed by atoms with Crippen LogP contribution >= 0.6 is 0 Å². The van der Waals surface area contributed by atoms with Crippen molar-refractivity contribution in [2.24, 2.45) is 5.73 Å². The molecule has 0 aromatic heterocycles. The van der Waals surface area contributed by atoms with Crippen LogP contribution in [0.25, 0.3) is 0 Å². The maximum Gasteiger partial charge on any atom is 0.117 e. The van der Waals surface area contributed by atoms with Crippen LogP contribution in [0.3, 0.4) is 0 Å². The molecule has 2 unspecified atom stereocenters. The molecular weight excluding hydrogens is 143 g/mol. The van der Waals surface area contributed by atoms with Crippen LogP contribution in [0.2, 0.25) is 0 Å². The molecule has 3 heteroatoms. The molecule has 2 nitrogen and oxygen atoms in total. The van der Waals surface area contributed by atoms with Crippen LogP contribution in [0.5, 0.6) is 0 Å². The van der Waals surface area contributed by atoms with E-state index < -0.39 is 6.17 Å². The first kappa shape index (κ1) is 8.94. The minimum Gasteiger partial charge on any atom is -0.325 e. The van der Waals surface area contributed by atoms with Crippen molar-refractivity contribution in [2.45, 2.75) is 37.5 Å². The quantitative estimate of drug-likeness (QED) is 0.614. The molecule has 0 spiro atoms. The molecule has 3 atom stereocenters. The van der Waals surface area contributed by atoms with E-state index in [2.05, 4.69) is 4.90 Å². The second kappa shape index (κ2) is 3.50. The van der Waals surface area contributed by atoms with Gasteiger partial charge in [-0.1, -0.05) is 0 Å². The van der Waals surface area contributed by atoms with E-state index in [1.54, 1.807) is 0 Å². The monoisotopic (exact) mass is 160 g/mol. The Kier molecular flexibility index (Phi) is 2.84. The van der Waals surface area contributed by atoms with Crippen LogP contribution in [0, 0.1) is 0 Å². The van der Waals surface area contributed by atoms with Gasteiger partial charge in [0.2, 0.25) is 0 Å². The molecule has 0 saturated heterocycles. The lowest BCUT2D eigenvalue weighted by Gasteiger charge is -2.33. The fraction of sp³-hybridized carbons (Fsp3) is 1.00. The molecule has 0 heterocycles. The highest BCUT2D eigenvalue weighted by molar-refractivity contribution is 4.85. The maximum absolute atomic E-state index is 13.0. The molecule has 1 rings (SSSR count). The van der Waals surface area contributed by atoms with Crippen molar-refractivity contribution in [2.75, 3.05) is 14.1 Å². The zero-order valence-corrected chi connectivity index (χ0v) is 7.26. The third-order valence-corrected chi connectivity index (χ3v) is 2.53. The molecule has 11 heavy (non-hydrogen) atoms. The van der Waals surface area contributed by atoms with Crippen molar-refractivity contribution >= 4 is 0 Å². The highest BCUT2D eigenvalue weighted by atomic mass is 19.1. The van der Waals surface area contributed by atoms with Gasteiger partial charge in [0.15, 0.2) is 0 Å². The number of rotatable bonds is 1. The molecule has 1 fully saturated rings. The first-order valence-electron chi connectivity index (χ1n) is 4.17. The van der Waals surface area contributed by atoms with Crippen LogP contribution in [0.4, 0.5) is 4.39 Å². The highest BCUT2D eigenvalue weighted by Gasteiger charge is 2.28. The Hall–Kier alpha value is -0.150. The van der Waals surface area contributed by atoms with Gasteiger partial charge in [0.1, 0.15) is 6.17 Å². The summed E-state index contributed by atoms with van der Waals surface area (Å²) in [5, 5.41) is 0. The summed E-state index contributed by atoms with van der Waals surface area (Å²) in [6.45, 7) is 0. The molecule has 0 aromatic rings. The highest BCUT2D eigenvalue weighted by Crippen LogP contribution is 2.22. The van der Waals surface area contributed by atoms with Crippen molar-refractivity contribution < 1.29 is 4.39 Å². The molecular formula is C8H17FN2. The fourth-order valence-corrected chi connectivity index (χ4v) is 1.59. The van der Waals surface area contributed by atoms with Gasteiger partial charge in [-0.3, -0.25) is 0 Å². The number of hydrogen-bond acceptors (Lipinski definition) is 2. The van der Waals surface area contributed by atoms with E-state index in [-0.39, 0.29) is 6.04 Å². The summed E-state index contributed by atoms with van der Waals surface area (Å²) in [5.74, 6) is 0. The summed E-state index contributed by atoms with van der Waals surface area (Å²) < 4.78 is 13.0. The number of halogens is 1. The smallest absolute Gasteiger partial charge is 0.117 e. The Labute approximate surface area is 67.6 Å². The third-order valence-electron chi connectivity index (χ3n) is 2.53. The predicted octanol–water partition coefficient (Wildman–Crippen LogP) is 0.766. The van der Waals surface area contributed by atoms with Gasteiger partial charge >= 0.3 is 0 Å². The standard InChI is InChI=1S/C8H17FN2/c1-11(2)6-3-4-8(10)7(9)5-6/h6-8H,3-5,10H2,1-2H3/t6-,7?,8?/m1/s1. The maximum atomic E-state index is 13.0. The first-order chi connectivity index (χ1) is 5.11. The van der Waals surface area contributed by atoms with Crippen LogP contribution in [0.1, 0.15) is 19.3 Å². The molecule has 66 valence electrons. The van der Waals surface area contributed by atoms with Gasteiger partial charge in [-0.05, 0) is 33.4 Å². The molecule has 0 aliphatic heterocycles. The second-order valence-corrected chi connectivity index (χ2v) is 3.61. The lowest BCUT2D eigenvalue weighted by atomic mass is 9.90. The third kappa shape index (κ3) is 2.14. The van der Waals surface area contributed by atoms with Crippen molar-refractivity contribution in [3.05, 3.63) is 0 Å². The summed E-state index contributed by atoms with van der Waals surface area (Å²) in [5.41, 5.74) is 5.55. The molecule has 1 saturated carbocycles. The van der Waals surface area contributed by atoms with Gasteiger partial charge in [0, 0.05) is 12.1 Å². The van der Waals surface area contributed by atoms with Crippen LogP contribution in [0.15, 0.2) is 0 Å². The van der Waals surface area contributed by atoms with Crippen molar-refractivity contribution in [1.29, 1.82) is 0 Å². The molecule has 0 amide bonds. The van der Waals surface area contributed by atoms with E-state index in [1.807, 2.05) is 14.1 Å². The summed E-state index contributed by atoms with van der Waals surface area (Å²) in [7, 11) is 3.99. The van der Waals surface area contributed by atoms with Crippen LogP contribution in [-0.2, 0) is 0 Å². The molecule has 1 aliphatic carbocycles. The fourth-order valence-electron chi connectivity index (χ4n) is 1.59. The average Bonchev–Trinajstić information content (AvgIpc) is 1.94. The number of hydrogen-bond donors (Lipinski definition) is 1. The molecule has 0 radical (unpaired) electrons. The van der Waals surface area contributed by atoms with E-state index in [1.165, 1.54) is 0 Å². The van der Waals surface area contributed by atoms with E-state index in [0.29, 0.717) is 12.5 Å². The van der Waals surface area contributed by atoms with Crippen molar-refractivity contribution in [1.82, 2.24) is 4.90 Å². The van der Waals surface area contributed by atoms with Gasteiger partial charge in [-0.2, -0.15) is 0 Å². The van der Waals surface area contributed by atoms with Gasteiger partial charge < -0.3 is 10.6 Å². The van der Waals surface area contributed by atoms with E-state index in [4.69, 9.17) is 5.73 Å². The second-order valence-electron chi connectivity index (χ2n) is 3.61. The zero-order valence-electron chi connectivity index (χ0n) is 7.26. The first-order valence-corrected chi connectivity index (χ1v) is 4.17. The lowest BCUT2D eigenvalue weighted by Crippen LogP contribution is -2.44. The predicted molar refractivity (Wildman–Crippen MR) is 44.2 cm³/mol. The van der Waals surface area contributed by atoms with E-state index in [0.717, 1.165) is 12.8 Å². The minimum absolute atomic E-state index is 0.216. The average molecular weight is 160 g/mol. The van der Waals surface area contributed by atoms with Crippen molar-refractivity contribution in [3.8, 4) is 0 Å². The number of alkyl halides is 1. The van der Waals surface area contributed by atoms with Gasteiger partial charge in [-0.25, -0.2) is 4.39 Å². The Bertz CT molecular complexity index is 127. The molecule has 0 bridgehead atoms. The minimum atomic E-state index is -0.795. The van der Waals surface area contributed by atoms with Crippen LogP contribution in [-0.4, -0.2) is 37.3 Å². The summed E-state index contributed by atoms with van der Waals surface area (Å²) in [6.07, 6.45) is 1.67. The normalized spacial score (nSPS) is 39.5. The number of nitrogens with zero attached hydrogens (tertiary/aromatic N) is 1. The van der Waals surface area contributed by atoms with E-state index >= 15 is 0 Å². The zero-order chi connectivity index (χ0) is 8.43. The Balaban J connectivity index is 2.40. The molecule has 0 aromatic carbocycles. The Morgan fingerprint density at radius 3 is 2.45 bits per heavy atom. The summed E-state index contributed by atoms with van der Waals surface area (Å²) in [6, 6.07) is 0.177. The van der Waals surface area contributed by atoms with E-state index in [9.17, 15) is 4.39 Å². The topological polar surface area (TPSA) is 29.3 Å². The number of nitrogens with two attached hydrogens (primary N) is 1. The lowest BCUT2D eigenvalue weighted by molar-refractivity contribution is 0.133. The summed E-state index contributed by atoms with van der Waals surface area (Å²) >= 11 is 0. The largest absolute Gasteiger partial charge is 0.325 e. The van der Waals surface area contributed by atoms with Gasteiger partial charge in [-0.15, -0.1) is 0 Å².